The third-order valence-electron chi connectivity index (χ3n) is 2.59. The molecule has 0 spiro atoms. The van der Waals surface area contributed by atoms with Gasteiger partial charge in [0.05, 0.1) is 0 Å². The van der Waals surface area contributed by atoms with Gasteiger partial charge in [-0.3, -0.25) is 0 Å². The van der Waals surface area contributed by atoms with Gasteiger partial charge in [-0.05, 0) is 37.2 Å². The van der Waals surface area contributed by atoms with Gasteiger partial charge in [-0.25, -0.2) is 4.39 Å². The van der Waals surface area contributed by atoms with Crippen molar-refractivity contribution in [3.8, 4) is 5.75 Å². The zero-order valence-electron chi connectivity index (χ0n) is 11.4. The van der Waals surface area contributed by atoms with E-state index in [9.17, 15) is 4.39 Å². The van der Waals surface area contributed by atoms with Gasteiger partial charge in [0, 0.05) is 6.54 Å². The maximum atomic E-state index is 13.8. The highest BCUT2D eigenvalue weighted by molar-refractivity contribution is 5.32. The van der Waals surface area contributed by atoms with E-state index in [1.54, 1.807) is 12.1 Å². The Balaban J connectivity index is 2.70. The molecule has 0 bridgehead atoms. The third kappa shape index (κ3) is 4.35. The van der Waals surface area contributed by atoms with Crippen LogP contribution in [0.4, 0.5) is 4.39 Å². The predicted octanol–water partition coefficient (Wildman–Crippen LogP) is 3.06. The van der Waals surface area contributed by atoms with Crippen LogP contribution in [0.1, 0.15) is 26.3 Å². The molecular weight excluding hydrogens is 217 g/mol. The van der Waals surface area contributed by atoms with E-state index in [1.807, 2.05) is 25.1 Å². The second-order valence-electron chi connectivity index (χ2n) is 5.55. The second kappa shape index (κ2) is 5.50. The SMILES string of the molecule is CN(C)CCOc1ccc(C(C)(C)C)cc1F. The van der Waals surface area contributed by atoms with Crippen LogP contribution in [0.5, 0.6) is 5.75 Å². The molecule has 0 heterocycles. The maximum absolute atomic E-state index is 13.8. The molecule has 0 amide bonds. The minimum Gasteiger partial charge on any atom is -0.489 e. The first-order valence-corrected chi connectivity index (χ1v) is 5.88. The zero-order chi connectivity index (χ0) is 13.1. The molecule has 0 unspecified atom stereocenters. The third-order valence-corrected chi connectivity index (χ3v) is 2.59. The molecule has 17 heavy (non-hydrogen) atoms. The van der Waals surface area contributed by atoms with Crippen LogP contribution in [0.2, 0.25) is 0 Å². The van der Waals surface area contributed by atoms with Crippen molar-refractivity contribution in [3.63, 3.8) is 0 Å². The normalized spacial score (nSPS) is 11.9. The van der Waals surface area contributed by atoms with Crippen LogP contribution in [-0.2, 0) is 5.41 Å². The Bertz CT molecular complexity index is 369. The first-order chi connectivity index (χ1) is 7.80. The molecule has 3 heteroatoms. The molecule has 2 nitrogen and oxygen atoms in total. The highest BCUT2D eigenvalue weighted by atomic mass is 19.1. The Morgan fingerprint density at radius 2 is 1.88 bits per heavy atom. The van der Waals surface area contributed by atoms with Crippen LogP contribution in [0.3, 0.4) is 0 Å². The van der Waals surface area contributed by atoms with E-state index < -0.39 is 0 Å². The minimum absolute atomic E-state index is 0.0387. The molecule has 0 radical (unpaired) electrons. The Morgan fingerprint density at radius 3 is 2.35 bits per heavy atom. The number of likely N-dealkylation sites (N-methyl/N-ethyl adjacent to an activating group) is 1. The van der Waals surface area contributed by atoms with E-state index in [0.717, 1.165) is 12.1 Å². The monoisotopic (exact) mass is 239 g/mol. The number of benzene rings is 1. The fourth-order valence-electron chi connectivity index (χ4n) is 1.42. The molecule has 1 rings (SSSR count). The molecule has 0 N–H and O–H groups in total. The Labute approximate surface area is 103 Å². The largest absolute Gasteiger partial charge is 0.489 e. The zero-order valence-corrected chi connectivity index (χ0v) is 11.4. The van der Waals surface area contributed by atoms with E-state index in [1.165, 1.54) is 0 Å². The summed E-state index contributed by atoms with van der Waals surface area (Å²) in [6, 6.07) is 5.20. The molecule has 0 aromatic heterocycles. The molecular formula is C14H22FNO. The summed E-state index contributed by atoms with van der Waals surface area (Å²) in [7, 11) is 3.92. The van der Waals surface area contributed by atoms with Gasteiger partial charge in [-0.15, -0.1) is 0 Å². The van der Waals surface area contributed by atoms with Gasteiger partial charge < -0.3 is 9.64 Å². The van der Waals surface area contributed by atoms with E-state index in [2.05, 4.69) is 20.8 Å². The molecule has 1 aromatic carbocycles. The lowest BCUT2D eigenvalue weighted by molar-refractivity contribution is 0.252. The molecule has 0 fully saturated rings. The van der Waals surface area contributed by atoms with Crippen molar-refractivity contribution in [1.82, 2.24) is 4.90 Å². The summed E-state index contributed by atoms with van der Waals surface area (Å²) in [4.78, 5) is 2.00. The summed E-state index contributed by atoms with van der Waals surface area (Å²) in [5.74, 6) is 0.0519. The average molecular weight is 239 g/mol. The maximum Gasteiger partial charge on any atom is 0.165 e. The Kier molecular flexibility index (Phi) is 4.52. The number of rotatable bonds is 4. The minimum atomic E-state index is -0.281. The fraction of sp³-hybridized carbons (Fsp3) is 0.571. The molecule has 0 aliphatic rings. The molecule has 0 atom stereocenters. The van der Waals surface area contributed by atoms with Crippen molar-refractivity contribution in [1.29, 1.82) is 0 Å². The van der Waals surface area contributed by atoms with Crippen molar-refractivity contribution >= 4 is 0 Å². The van der Waals surface area contributed by atoms with Crippen LogP contribution < -0.4 is 4.74 Å². The lowest BCUT2D eigenvalue weighted by Crippen LogP contribution is -2.19. The van der Waals surface area contributed by atoms with Gasteiger partial charge in [-0.2, -0.15) is 0 Å². The van der Waals surface area contributed by atoms with Gasteiger partial charge in [0.25, 0.3) is 0 Å². The standard InChI is InChI=1S/C14H22FNO/c1-14(2,3)11-6-7-13(12(15)10-11)17-9-8-16(4)5/h6-7,10H,8-9H2,1-5H3. The molecule has 0 aliphatic heterocycles. The summed E-state index contributed by atoms with van der Waals surface area (Å²) in [5, 5.41) is 0. The van der Waals surface area contributed by atoms with Crippen molar-refractivity contribution in [2.75, 3.05) is 27.2 Å². The second-order valence-corrected chi connectivity index (χ2v) is 5.55. The summed E-state index contributed by atoms with van der Waals surface area (Å²) in [5.41, 5.74) is 0.943. The highest BCUT2D eigenvalue weighted by Gasteiger charge is 2.15. The van der Waals surface area contributed by atoms with Crippen LogP contribution in [-0.4, -0.2) is 32.1 Å². The summed E-state index contributed by atoms with van der Waals surface area (Å²) in [6.45, 7) is 7.47. The van der Waals surface area contributed by atoms with Gasteiger partial charge in [0.15, 0.2) is 11.6 Å². The van der Waals surface area contributed by atoms with Gasteiger partial charge >= 0.3 is 0 Å². The molecule has 0 aliphatic carbocycles. The first-order valence-electron chi connectivity index (χ1n) is 5.88. The Morgan fingerprint density at radius 1 is 1.24 bits per heavy atom. The fourth-order valence-corrected chi connectivity index (χ4v) is 1.42. The molecule has 0 saturated heterocycles. The quantitative estimate of drug-likeness (QED) is 0.800. The lowest BCUT2D eigenvalue weighted by Gasteiger charge is -2.20. The number of hydrogen-bond donors (Lipinski definition) is 0. The number of nitrogens with zero attached hydrogens (tertiary/aromatic N) is 1. The summed E-state index contributed by atoms with van der Waals surface area (Å²) in [6.07, 6.45) is 0. The number of halogens is 1. The molecule has 1 aromatic rings. The van der Waals surface area contributed by atoms with Crippen molar-refractivity contribution in [2.24, 2.45) is 0 Å². The Hall–Kier alpha value is -1.09. The average Bonchev–Trinajstić information content (AvgIpc) is 2.18. The van der Waals surface area contributed by atoms with Crippen molar-refractivity contribution in [2.45, 2.75) is 26.2 Å². The van der Waals surface area contributed by atoms with E-state index >= 15 is 0 Å². The van der Waals surface area contributed by atoms with Crippen LogP contribution in [0, 0.1) is 5.82 Å². The smallest absolute Gasteiger partial charge is 0.165 e. The van der Waals surface area contributed by atoms with Gasteiger partial charge in [0.2, 0.25) is 0 Å². The number of ether oxygens (including phenoxy) is 1. The van der Waals surface area contributed by atoms with Crippen LogP contribution in [0.15, 0.2) is 18.2 Å². The first kappa shape index (κ1) is 14.0. The summed E-state index contributed by atoms with van der Waals surface area (Å²) >= 11 is 0. The predicted molar refractivity (Wildman–Crippen MR) is 69.1 cm³/mol. The molecule has 0 saturated carbocycles. The topological polar surface area (TPSA) is 12.5 Å². The highest BCUT2D eigenvalue weighted by Crippen LogP contribution is 2.26. The van der Waals surface area contributed by atoms with E-state index in [4.69, 9.17) is 4.74 Å². The summed E-state index contributed by atoms with van der Waals surface area (Å²) < 4.78 is 19.2. The van der Waals surface area contributed by atoms with E-state index in [-0.39, 0.29) is 11.2 Å². The lowest BCUT2D eigenvalue weighted by atomic mass is 9.87. The van der Waals surface area contributed by atoms with Crippen LogP contribution in [0.25, 0.3) is 0 Å². The molecule has 96 valence electrons. The van der Waals surface area contributed by atoms with Crippen LogP contribution >= 0.6 is 0 Å². The van der Waals surface area contributed by atoms with E-state index in [0.29, 0.717) is 12.4 Å². The van der Waals surface area contributed by atoms with Crippen molar-refractivity contribution < 1.29 is 9.13 Å². The number of hydrogen-bond acceptors (Lipinski definition) is 2. The van der Waals surface area contributed by atoms with Gasteiger partial charge in [-0.1, -0.05) is 26.8 Å². The van der Waals surface area contributed by atoms with Gasteiger partial charge in [0.1, 0.15) is 6.61 Å². The van der Waals surface area contributed by atoms with Crippen molar-refractivity contribution in [3.05, 3.63) is 29.6 Å².